The molecule has 1 radical (unpaired) electrons. The molecule has 1 aromatic carbocycles. The van der Waals surface area contributed by atoms with Crippen molar-refractivity contribution in [2.75, 3.05) is 13.1 Å². The predicted molar refractivity (Wildman–Crippen MR) is 96.0 cm³/mol. The standard InChI is InChI=1S/C16H23NO2PS.Tl/c1-2-7-17-8-3-4-12-9-13-11(10-14(12)17)5-6-15(16(13)18)19-21-20;/h5-6,12,14,18,21H,2-4,7-10H2,1H3;/q-1;/t12-,14-;/m1./s1. The first kappa shape index (κ1) is 18.8. The van der Waals surface area contributed by atoms with Gasteiger partial charge in [-0.05, 0) is 0 Å². The van der Waals surface area contributed by atoms with Crippen molar-refractivity contribution in [1.82, 2.24) is 4.90 Å². The van der Waals surface area contributed by atoms with E-state index >= 15 is 0 Å². The van der Waals surface area contributed by atoms with Gasteiger partial charge in [-0.2, -0.15) is 0 Å². The van der Waals surface area contributed by atoms with Gasteiger partial charge < -0.3 is 0 Å². The second-order valence-electron chi connectivity index (χ2n) is 6.14. The van der Waals surface area contributed by atoms with E-state index in [9.17, 15) is 5.11 Å². The maximum Gasteiger partial charge on any atom is 0 e. The number of rotatable bonds is 3. The van der Waals surface area contributed by atoms with Crippen molar-refractivity contribution in [3.63, 3.8) is 0 Å². The Morgan fingerprint density at radius 1 is 1.41 bits per heavy atom. The number of nitrogens with zero attached hydrogens (tertiary/aromatic N) is 1. The van der Waals surface area contributed by atoms with Crippen LogP contribution in [0.25, 0.3) is 0 Å². The largest absolute Gasteiger partial charge is 0 e. The van der Waals surface area contributed by atoms with Gasteiger partial charge in [0, 0.05) is 27.3 Å². The Bertz CT molecular complexity index is 576. The van der Waals surface area contributed by atoms with Crippen molar-refractivity contribution in [3.8, 4) is 11.5 Å². The van der Waals surface area contributed by atoms with Gasteiger partial charge in [-0.3, -0.25) is 0 Å². The van der Waals surface area contributed by atoms with Crippen molar-refractivity contribution in [1.29, 1.82) is 0 Å². The van der Waals surface area contributed by atoms with Crippen LogP contribution < -0.4 is 4.18 Å². The molecule has 1 aliphatic carbocycles. The first-order valence-corrected chi connectivity index (χ1v) is 9.80. The molecule has 1 saturated heterocycles. The summed E-state index contributed by atoms with van der Waals surface area (Å²) >= 11 is 0.521. The molecule has 1 fully saturated rings. The van der Waals surface area contributed by atoms with Crippen LogP contribution in [0.15, 0.2) is 12.1 Å². The summed E-state index contributed by atoms with van der Waals surface area (Å²) in [7, 11) is 4.05. The fourth-order valence-electron chi connectivity index (χ4n) is 3.99. The number of thiol groups is 1. The number of aromatic hydroxyl groups is 1. The molecule has 119 valence electrons. The second kappa shape index (κ2) is 8.54. The molecular weight excluding hydrogens is 506 g/mol. The molecule has 0 aromatic heterocycles. The van der Waals surface area contributed by atoms with E-state index in [0.717, 1.165) is 18.4 Å². The Morgan fingerprint density at radius 2 is 2.23 bits per heavy atom. The zero-order valence-corrected chi connectivity index (χ0v) is 19.3. The minimum absolute atomic E-state index is 0. The van der Waals surface area contributed by atoms with Gasteiger partial charge in [-0.25, -0.2) is 0 Å². The van der Waals surface area contributed by atoms with Gasteiger partial charge >= 0.3 is 132 Å². The number of likely N-dealkylation sites (tertiary alicyclic amines) is 1. The van der Waals surface area contributed by atoms with Crippen LogP contribution in [0.5, 0.6) is 11.5 Å². The van der Waals surface area contributed by atoms with Crippen LogP contribution in [0.1, 0.15) is 37.3 Å². The summed E-state index contributed by atoms with van der Waals surface area (Å²) in [6.45, 7) is 4.69. The molecular formula is C16H23NO2PSTl-. The Kier molecular flexibility index (Phi) is 7.31. The van der Waals surface area contributed by atoms with E-state index in [1.165, 1.54) is 37.9 Å². The first-order chi connectivity index (χ1) is 10.2. The Morgan fingerprint density at radius 3 is 2.95 bits per heavy atom. The average Bonchev–Trinajstić information content (AvgIpc) is 2.50. The summed E-state index contributed by atoms with van der Waals surface area (Å²) < 4.78 is 5.37. The summed E-state index contributed by atoms with van der Waals surface area (Å²) in [6.07, 6.45) is 5.82. The number of benzene rings is 1. The number of phenols is 1. The van der Waals surface area contributed by atoms with Crippen molar-refractivity contribution in [2.45, 2.75) is 45.1 Å². The molecule has 0 unspecified atom stereocenters. The zero-order valence-electron chi connectivity index (χ0n) is 13.0. The molecule has 0 spiro atoms. The topological polar surface area (TPSA) is 32.7 Å². The fraction of sp³-hybridized carbons (Fsp3) is 0.625. The summed E-state index contributed by atoms with van der Waals surface area (Å²) in [5.74, 6) is 1.57. The summed E-state index contributed by atoms with van der Waals surface area (Å²) in [4.78, 5) is 2.66. The van der Waals surface area contributed by atoms with E-state index in [1.54, 1.807) is 0 Å². The maximum atomic E-state index is 10.4. The molecule has 0 saturated carbocycles. The van der Waals surface area contributed by atoms with E-state index in [4.69, 9.17) is 4.18 Å². The molecule has 1 N–H and O–H groups in total. The molecule has 0 bridgehead atoms. The first-order valence-electron chi connectivity index (χ1n) is 7.83. The third-order valence-corrected chi connectivity index (χ3v) is 5.44. The molecule has 1 heterocycles. The van der Waals surface area contributed by atoms with E-state index in [1.807, 2.05) is 6.07 Å². The van der Waals surface area contributed by atoms with Gasteiger partial charge in [-0.1, -0.05) is 0 Å². The van der Waals surface area contributed by atoms with Gasteiger partial charge in [0.1, 0.15) is 0 Å². The minimum Gasteiger partial charge on any atom is 0 e. The number of hydrogen-bond acceptors (Lipinski definition) is 4. The molecule has 22 heavy (non-hydrogen) atoms. The van der Waals surface area contributed by atoms with E-state index in [-0.39, 0.29) is 27.3 Å². The van der Waals surface area contributed by atoms with E-state index in [0.29, 0.717) is 34.5 Å². The van der Waals surface area contributed by atoms with Crippen LogP contribution >= 0.6 is 7.81 Å². The average molecular weight is 529 g/mol. The number of piperidine rings is 1. The van der Waals surface area contributed by atoms with Gasteiger partial charge in [-0.15, -0.1) is 0 Å². The van der Waals surface area contributed by atoms with Gasteiger partial charge in [0.15, 0.2) is 0 Å². The molecule has 1 aliphatic heterocycles. The van der Waals surface area contributed by atoms with Crippen LogP contribution in [0.2, 0.25) is 0 Å². The quantitative estimate of drug-likeness (QED) is 0.283. The third kappa shape index (κ3) is 3.76. The number of phenolic OH excluding ortho intramolecular Hbond substituents is 1. The van der Waals surface area contributed by atoms with Crippen LogP contribution in [0.3, 0.4) is 0 Å². The van der Waals surface area contributed by atoms with Crippen molar-refractivity contribution >= 4 is 46.1 Å². The Labute approximate surface area is 158 Å². The van der Waals surface area contributed by atoms with Gasteiger partial charge in [0.05, 0.1) is 0 Å². The molecule has 3 rings (SSSR count). The molecule has 6 heteroatoms. The van der Waals surface area contributed by atoms with Crippen LogP contribution in [0, 0.1) is 5.92 Å². The van der Waals surface area contributed by atoms with Gasteiger partial charge in [0.2, 0.25) is 0 Å². The van der Waals surface area contributed by atoms with Crippen molar-refractivity contribution in [2.24, 2.45) is 5.92 Å². The van der Waals surface area contributed by atoms with E-state index in [2.05, 4.69) is 25.7 Å². The molecule has 0 amide bonds. The summed E-state index contributed by atoms with van der Waals surface area (Å²) in [5, 5.41) is 10.4. The molecule has 3 nitrogen and oxygen atoms in total. The minimum atomic E-state index is 0. The zero-order chi connectivity index (χ0) is 14.8. The fourth-order valence-corrected chi connectivity index (χ4v) is 4.49. The monoisotopic (exact) mass is 529 g/mol. The third-order valence-electron chi connectivity index (χ3n) is 4.92. The van der Waals surface area contributed by atoms with E-state index < -0.39 is 0 Å². The normalized spacial score (nSPS) is 24.0. The molecule has 2 atom stereocenters. The summed E-state index contributed by atoms with van der Waals surface area (Å²) in [6, 6.07) is 4.66. The molecule has 1 aromatic rings. The van der Waals surface area contributed by atoms with Crippen LogP contribution in [-0.2, 0) is 23.9 Å². The second-order valence-corrected chi connectivity index (χ2v) is 6.97. The SMILES string of the molecule is CCCN1CCC[C@@H]2Cc3c(ccc(O[SH-]#P)c3O)C[C@H]21.[Tl]. The van der Waals surface area contributed by atoms with Crippen LogP contribution in [-0.4, -0.2) is 56.4 Å². The van der Waals surface area contributed by atoms with Crippen molar-refractivity contribution in [3.05, 3.63) is 23.3 Å². The smallest absolute Gasteiger partial charge is 0 e. The predicted octanol–water partition coefficient (Wildman–Crippen LogP) is 3.03. The van der Waals surface area contributed by atoms with Crippen molar-refractivity contribution < 1.29 is 9.29 Å². The van der Waals surface area contributed by atoms with Crippen LogP contribution in [0.4, 0.5) is 0 Å². The summed E-state index contributed by atoms with van der Waals surface area (Å²) in [5.41, 5.74) is 2.39. The number of hydrogen-bond donors (Lipinski definition) is 1. The maximum absolute atomic E-state index is 10.4. The number of fused-ring (bicyclic) bond motifs is 2. The van der Waals surface area contributed by atoms with Gasteiger partial charge in [0.25, 0.3) is 0 Å². The molecule has 2 aliphatic rings. The Balaban J connectivity index is 0.00000176. The Hall–Kier alpha value is 0.482.